The number of nitrogens with one attached hydrogen (secondary N) is 1. The van der Waals surface area contributed by atoms with Crippen LogP contribution in [0.25, 0.3) is 49.8 Å². The van der Waals surface area contributed by atoms with E-state index in [4.69, 9.17) is 9.15 Å². The summed E-state index contributed by atoms with van der Waals surface area (Å²) in [7, 11) is 0. The molecule has 4 aromatic carbocycles. The van der Waals surface area contributed by atoms with E-state index in [1.54, 1.807) is 6.08 Å². The number of carboxylic acids is 1. The van der Waals surface area contributed by atoms with Gasteiger partial charge in [-0.1, -0.05) is 42.5 Å². The number of rotatable bonds is 5. The summed E-state index contributed by atoms with van der Waals surface area (Å²) in [6, 6.07) is 27.3. The second-order valence-corrected chi connectivity index (χ2v) is 8.00. The molecular formula is C28H19NO4. The Kier molecular flexibility index (Phi) is 4.40. The number of carbonyl (C=O) groups is 1. The molecule has 0 aliphatic carbocycles. The molecule has 2 heterocycles. The molecule has 0 aliphatic rings. The van der Waals surface area contributed by atoms with Gasteiger partial charge in [-0.05, 0) is 54.1 Å². The zero-order valence-electron chi connectivity index (χ0n) is 17.5. The van der Waals surface area contributed by atoms with Gasteiger partial charge >= 0.3 is 5.97 Å². The lowest BCUT2D eigenvalue weighted by molar-refractivity contribution is -0.132. The fourth-order valence-electron chi connectivity index (χ4n) is 4.28. The first kappa shape index (κ1) is 19.2. The monoisotopic (exact) mass is 433 g/mol. The van der Waals surface area contributed by atoms with E-state index in [1.165, 1.54) is 0 Å². The van der Waals surface area contributed by atoms with Gasteiger partial charge in [0.05, 0.1) is 5.57 Å². The number of H-pyrrole nitrogens is 1. The highest BCUT2D eigenvalue weighted by Crippen LogP contribution is 2.31. The average Bonchev–Trinajstić information content (AvgIpc) is 3.39. The van der Waals surface area contributed by atoms with Crippen LogP contribution in [0.15, 0.2) is 94.9 Å². The number of fused-ring (bicyclic) bond motifs is 6. The van der Waals surface area contributed by atoms with Crippen LogP contribution in [0.3, 0.4) is 0 Å². The average molecular weight is 433 g/mol. The summed E-state index contributed by atoms with van der Waals surface area (Å²) in [4.78, 5) is 15.3. The SMILES string of the molecule is O=C(O)/C(=C/c1ccc2oc3ccccc3c2c1)COc1ccc2[nH]c3ccccc3c2c1. The van der Waals surface area contributed by atoms with E-state index in [1.807, 2.05) is 78.9 Å². The number of ether oxygens (including phenoxy) is 1. The smallest absolute Gasteiger partial charge is 0.335 e. The molecule has 0 saturated carbocycles. The number of aromatic nitrogens is 1. The third-order valence-electron chi connectivity index (χ3n) is 5.89. The molecule has 5 nitrogen and oxygen atoms in total. The molecule has 0 aliphatic heterocycles. The van der Waals surface area contributed by atoms with Crippen molar-refractivity contribution in [3.05, 3.63) is 96.1 Å². The summed E-state index contributed by atoms with van der Waals surface area (Å²) in [5, 5.41) is 13.9. The Morgan fingerprint density at radius 1 is 0.818 bits per heavy atom. The van der Waals surface area contributed by atoms with E-state index in [-0.39, 0.29) is 12.2 Å². The second kappa shape index (κ2) is 7.57. The first-order chi connectivity index (χ1) is 16.2. The van der Waals surface area contributed by atoms with Gasteiger partial charge in [0.2, 0.25) is 0 Å². The van der Waals surface area contributed by atoms with Gasteiger partial charge in [0.25, 0.3) is 0 Å². The van der Waals surface area contributed by atoms with Crippen LogP contribution in [-0.2, 0) is 4.79 Å². The van der Waals surface area contributed by atoms with Crippen molar-refractivity contribution in [2.75, 3.05) is 6.61 Å². The molecule has 6 aromatic rings. The highest BCUT2D eigenvalue weighted by Gasteiger charge is 2.12. The third-order valence-corrected chi connectivity index (χ3v) is 5.89. The molecule has 0 saturated heterocycles. The molecule has 6 rings (SSSR count). The minimum absolute atomic E-state index is 0.0482. The molecule has 0 radical (unpaired) electrons. The summed E-state index contributed by atoms with van der Waals surface area (Å²) in [5.41, 5.74) is 4.59. The van der Waals surface area contributed by atoms with E-state index in [0.29, 0.717) is 5.75 Å². The van der Waals surface area contributed by atoms with Gasteiger partial charge in [0, 0.05) is 32.6 Å². The van der Waals surface area contributed by atoms with Crippen molar-refractivity contribution >= 4 is 55.8 Å². The van der Waals surface area contributed by atoms with E-state index in [9.17, 15) is 9.90 Å². The molecule has 0 bridgehead atoms. The summed E-state index contributed by atoms with van der Waals surface area (Å²) in [6.45, 7) is -0.0482. The number of carboxylic acid groups (broad SMARTS) is 1. The van der Waals surface area contributed by atoms with Crippen molar-refractivity contribution < 1.29 is 19.1 Å². The number of aliphatic carboxylic acids is 1. The summed E-state index contributed by atoms with van der Waals surface area (Å²) in [5.74, 6) is -0.393. The molecule has 0 unspecified atom stereocenters. The second-order valence-electron chi connectivity index (χ2n) is 8.00. The lowest BCUT2D eigenvalue weighted by Gasteiger charge is -2.08. The molecule has 0 amide bonds. The van der Waals surface area contributed by atoms with Crippen molar-refractivity contribution in [3.63, 3.8) is 0 Å². The largest absolute Gasteiger partial charge is 0.489 e. The Bertz CT molecular complexity index is 1700. The minimum Gasteiger partial charge on any atom is -0.489 e. The summed E-state index contributed by atoms with van der Waals surface area (Å²) in [6.07, 6.45) is 1.65. The van der Waals surface area contributed by atoms with Gasteiger partial charge in [-0.2, -0.15) is 0 Å². The Morgan fingerprint density at radius 3 is 2.45 bits per heavy atom. The van der Waals surface area contributed by atoms with Gasteiger partial charge in [-0.25, -0.2) is 4.79 Å². The van der Waals surface area contributed by atoms with E-state index in [0.717, 1.165) is 49.3 Å². The molecule has 0 fully saturated rings. The van der Waals surface area contributed by atoms with Crippen molar-refractivity contribution in [2.45, 2.75) is 0 Å². The molecule has 2 aromatic heterocycles. The highest BCUT2D eigenvalue weighted by atomic mass is 16.5. The van der Waals surface area contributed by atoms with Crippen LogP contribution in [0, 0.1) is 0 Å². The maximum Gasteiger partial charge on any atom is 0.335 e. The fourth-order valence-corrected chi connectivity index (χ4v) is 4.28. The third kappa shape index (κ3) is 3.40. The predicted octanol–water partition coefficient (Wildman–Crippen LogP) is 6.77. The number of aromatic amines is 1. The van der Waals surface area contributed by atoms with Crippen molar-refractivity contribution in [2.24, 2.45) is 0 Å². The quantitative estimate of drug-likeness (QED) is 0.294. The van der Waals surface area contributed by atoms with Crippen LogP contribution >= 0.6 is 0 Å². The molecule has 2 N–H and O–H groups in total. The van der Waals surface area contributed by atoms with Crippen LogP contribution in [-0.4, -0.2) is 22.7 Å². The normalized spacial score (nSPS) is 12.2. The van der Waals surface area contributed by atoms with Gasteiger partial charge < -0.3 is 19.2 Å². The first-order valence-corrected chi connectivity index (χ1v) is 10.6. The van der Waals surface area contributed by atoms with Gasteiger partial charge in [-0.3, -0.25) is 0 Å². The standard InChI is InChI=1S/C28H19NO4/c30-28(31)18(13-17-9-12-27-23(14-17)21-6-2-4-8-26(21)33-27)16-32-19-10-11-25-22(15-19)20-5-1-3-7-24(20)29-25/h1-15,29H,16H2,(H,30,31)/b18-13+. The molecule has 5 heteroatoms. The molecular weight excluding hydrogens is 414 g/mol. The van der Waals surface area contributed by atoms with Crippen LogP contribution in [0.5, 0.6) is 5.75 Å². The van der Waals surface area contributed by atoms with Gasteiger partial charge in [0.15, 0.2) is 0 Å². The lowest BCUT2D eigenvalue weighted by atomic mass is 10.1. The maximum absolute atomic E-state index is 11.9. The first-order valence-electron chi connectivity index (χ1n) is 10.6. The van der Waals surface area contributed by atoms with E-state index < -0.39 is 5.97 Å². The van der Waals surface area contributed by atoms with Gasteiger partial charge in [0.1, 0.15) is 23.5 Å². The van der Waals surface area contributed by atoms with Crippen LogP contribution in [0.2, 0.25) is 0 Å². The number of hydrogen-bond donors (Lipinski definition) is 2. The molecule has 0 atom stereocenters. The highest BCUT2D eigenvalue weighted by molar-refractivity contribution is 6.08. The summed E-state index contributed by atoms with van der Waals surface area (Å²) < 4.78 is 11.7. The number of hydrogen-bond acceptors (Lipinski definition) is 3. The zero-order chi connectivity index (χ0) is 22.4. The van der Waals surface area contributed by atoms with Gasteiger partial charge in [-0.15, -0.1) is 0 Å². The topological polar surface area (TPSA) is 75.5 Å². The van der Waals surface area contributed by atoms with Crippen molar-refractivity contribution in [1.82, 2.24) is 4.98 Å². The van der Waals surface area contributed by atoms with Crippen molar-refractivity contribution in [3.8, 4) is 5.75 Å². The lowest BCUT2D eigenvalue weighted by Crippen LogP contribution is -2.10. The Hall–Kier alpha value is -4.51. The molecule has 160 valence electrons. The minimum atomic E-state index is -1.01. The summed E-state index contributed by atoms with van der Waals surface area (Å²) >= 11 is 0. The Morgan fingerprint density at radius 2 is 1.58 bits per heavy atom. The Labute approximate surface area is 188 Å². The van der Waals surface area contributed by atoms with Crippen LogP contribution in [0.1, 0.15) is 5.56 Å². The number of furan rings is 1. The van der Waals surface area contributed by atoms with Crippen LogP contribution in [0.4, 0.5) is 0 Å². The molecule has 33 heavy (non-hydrogen) atoms. The fraction of sp³-hybridized carbons (Fsp3) is 0.0357. The van der Waals surface area contributed by atoms with Crippen LogP contribution < -0.4 is 4.74 Å². The zero-order valence-corrected chi connectivity index (χ0v) is 17.5. The number of para-hydroxylation sites is 2. The molecule has 0 spiro atoms. The Balaban J connectivity index is 1.31. The predicted molar refractivity (Wildman–Crippen MR) is 131 cm³/mol. The van der Waals surface area contributed by atoms with Crippen molar-refractivity contribution in [1.29, 1.82) is 0 Å². The number of benzene rings is 4. The van der Waals surface area contributed by atoms with E-state index >= 15 is 0 Å². The maximum atomic E-state index is 11.9. The van der Waals surface area contributed by atoms with E-state index in [2.05, 4.69) is 11.1 Å².